The summed E-state index contributed by atoms with van der Waals surface area (Å²) < 4.78 is 0. The molecule has 84 valence electrons. The molecule has 0 aromatic heterocycles. The number of carbonyl (C=O) groups is 2. The van der Waals surface area contributed by atoms with Gasteiger partial charge in [0.15, 0.2) is 0 Å². The number of nitrogens with zero attached hydrogens (tertiary/aromatic N) is 1. The van der Waals surface area contributed by atoms with Gasteiger partial charge in [0.05, 0.1) is 0 Å². The van der Waals surface area contributed by atoms with E-state index in [0.717, 1.165) is 32.2 Å². The third-order valence-electron chi connectivity index (χ3n) is 3.81. The number of likely N-dealkylation sites (tertiary alicyclic amines) is 1. The Morgan fingerprint density at radius 3 is 2.73 bits per heavy atom. The zero-order valence-electron chi connectivity index (χ0n) is 9.37. The lowest BCUT2D eigenvalue weighted by molar-refractivity contribution is -0.133. The van der Waals surface area contributed by atoms with Crippen molar-refractivity contribution >= 4 is 11.7 Å². The molecule has 15 heavy (non-hydrogen) atoms. The molecular weight excluding hydrogens is 190 g/mol. The number of rotatable bonds is 2. The summed E-state index contributed by atoms with van der Waals surface area (Å²) in [5.41, 5.74) is 0. The molecule has 1 amide bonds. The van der Waals surface area contributed by atoms with E-state index in [-0.39, 0.29) is 11.9 Å². The minimum absolute atomic E-state index is 0.214. The summed E-state index contributed by atoms with van der Waals surface area (Å²) in [5.74, 6) is 1.14. The largest absolute Gasteiger partial charge is 0.339 e. The van der Waals surface area contributed by atoms with Gasteiger partial charge in [-0.15, -0.1) is 0 Å². The minimum Gasteiger partial charge on any atom is -0.339 e. The van der Waals surface area contributed by atoms with E-state index in [4.69, 9.17) is 0 Å². The second-order valence-electron chi connectivity index (χ2n) is 4.71. The molecule has 1 heterocycles. The number of ketones is 1. The molecule has 2 aliphatic rings. The molecule has 0 N–H and O–H groups in total. The number of Topliss-reactive ketones (excluding diaryl/α,β-unsaturated/α-hetero) is 1. The first-order valence-electron chi connectivity index (χ1n) is 6.03. The summed E-state index contributed by atoms with van der Waals surface area (Å²) in [4.78, 5) is 25.1. The summed E-state index contributed by atoms with van der Waals surface area (Å²) >= 11 is 0. The lowest BCUT2D eigenvalue weighted by Crippen LogP contribution is -2.45. The van der Waals surface area contributed by atoms with E-state index >= 15 is 0 Å². The van der Waals surface area contributed by atoms with Crippen LogP contribution in [0.3, 0.4) is 0 Å². The molecule has 0 spiro atoms. The highest BCUT2D eigenvalue weighted by molar-refractivity contribution is 5.83. The van der Waals surface area contributed by atoms with Crippen molar-refractivity contribution in [3.63, 3.8) is 0 Å². The van der Waals surface area contributed by atoms with Crippen LogP contribution in [-0.4, -0.2) is 29.2 Å². The Kier molecular flexibility index (Phi) is 3.08. The maximum Gasteiger partial charge on any atom is 0.222 e. The van der Waals surface area contributed by atoms with E-state index in [1.807, 2.05) is 4.90 Å². The van der Waals surface area contributed by atoms with Crippen molar-refractivity contribution < 1.29 is 9.59 Å². The maximum atomic E-state index is 11.7. The van der Waals surface area contributed by atoms with Crippen LogP contribution in [0.4, 0.5) is 0 Å². The third-order valence-corrected chi connectivity index (χ3v) is 3.81. The lowest BCUT2D eigenvalue weighted by Gasteiger charge is -2.36. The van der Waals surface area contributed by atoms with Crippen LogP contribution in [0.1, 0.15) is 45.4 Å². The van der Waals surface area contributed by atoms with Crippen LogP contribution >= 0.6 is 0 Å². The molecular formula is C12H19NO2. The Morgan fingerprint density at radius 1 is 1.33 bits per heavy atom. The standard InChI is InChI=1S/C12H19NO2/c1-2-9-5-6-10(14)8-11(9)13-7-3-4-12(13)15/h9,11H,2-8H2,1H3. The molecule has 1 aliphatic heterocycles. The summed E-state index contributed by atoms with van der Waals surface area (Å²) in [5, 5.41) is 0. The van der Waals surface area contributed by atoms with E-state index in [1.54, 1.807) is 0 Å². The lowest BCUT2D eigenvalue weighted by atomic mass is 9.81. The van der Waals surface area contributed by atoms with Gasteiger partial charge in [-0.3, -0.25) is 9.59 Å². The van der Waals surface area contributed by atoms with Crippen LogP contribution < -0.4 is 0 Å². The molecule has 3 heteroatoms. The summed E-state index contributed by atoms with van der Waals surface area (Å²) in [7, 11) is 0. The minimum atomic E-state index is 0.214. The van der Waals surface area contributed by atoms with Crippen LogP contribution in [0.15, 0.2) is 0 Å². The van der Waals surface area contributed by atoms with Gasteiger partial charge in [-0.25, -0.2) is 0 Å². The van der Waals surface area contributed by atoms with Crippen LogP contribution in [-0.2, 0) is 9.59 Å². The van der Waals surface area contributed by atoms with E-state index in [2.05, 4.69) is 6.92 Å². The predicted molar refractivity (Wildman–Crippen MR) is 57.4 cm³/mol. The van der Waals surface area contributed by atoms with Crippen molar-refractivity contribution in [2.24, 2.45) is 5.92 Å². The topological polar surface area (TPSA) is 37.4 Å². The summed E-state index contributed by atoms with van der Waals surface area (Å²) in [6, 6.07) is 0.214. The number of hydrogen-bond acceptors (Lipinski definition) is 2. The Morgan fingerprint density at radius 2 is 2.13 bits per heavy atom. The zero-order chi connectivity index (χ0) is 10.8. The van der Waals surface area contributed by atoms with Crippen LogP contribution in [0, 0.1) is 5.92 Å². The second-order valence-corrected chi connectivity index (χ2v) is 4.71. The highest BCUT2D eigenvalue weighted by atomic mass is 16.2. The number of hydrogen-bond donors (Lipinski definition) is 0. The van der Waals surface area contributed by atoms with Gasteiger partial charge in [0.2, 0.25) is 5.91 Å². The van der Waals surface area contributed by atoms with Gasteiger partial charge in [0, 0.05) is 31.8 Å². The van der Waals surface area contributed by atoms with E-state index in [1.165, 1.54) is 0 Å². The summed E-state index contributed by atoms with van der Waals surface area (Å²) in [6.45, 7) is 3.03. The first-order valence-corrected chi connectivity index (χ1v) is 6.03. The number of amides is 1. The number of carbonyl (C=O) groups excluding carboxylic acids is 2. The summed E-state index contributed by atoms with van der Waals surface area (Å²) in [6.07, 6.45) is 5.04. The van der Waals surface area contributed by atoms with Crippen LogP contribution in [0.5, 0.6) is 0 Å². The molecule has 1 saturated carbocycles. The van der Waals surface area contributed by atoms with Gasteiger partial charge >= 0.3 is 0 Å². The van der Waals surface area contributed by atoms with Crippen molar-refractivity contribution in [2.75, 3.05) is 6.54 Å². The normalized spacial score (nSPS) is 32.5. The zero-order valence-corrected chi connectivity index (χ0v) is 9.37. The smallest absolute Gasteiger partial charge is 0.222 e. The van der Waals surface area contributed by atoms with Crippen molar-refractivity contribution in [2.45, 2.75) is 51.5 Å². The maximum absolute atomic E-state index is 11.7. The van der Waals surface area contributed by atoms with Gasteiger partial charge < -0.3 is 4.90 Å². The van der Waals surface area contributed by atoms with E-state index < -0.39 is 0 Å². The fourth-order valence-corrected chi connectivity index (χ4v) is 2.90. The molecule has 2 atom stereocenters. The molecule has 2 unspecified atom stereocenters. The van der Waals surface area contributed by atoms with Gasteiger partial charge in [-0.1, -0.05) is 13.3 Å². The first kappa shape index (κ1) is 10.7. The molecule has 2 rings (SSSR count). The Balaban J connectivity index is 2.09. The average Bonchev–Trinajstić information content (AvgIpc) is 2.64. The van der Waals surface area contributed by atoms with Gasteiger partial charge in [0.25, 0.3) is 0 Å². The SMILES string of the molecule is CCC1CCC(=O)CC1N1CCCC1=O. The molecule has 2 fully saturated rings. The van der Waals surface area contributed by atoms with Crippen LogP contribution in [0.25, 0.3) is 0 Å². The second kappa shape index (κ2) is 4.33. The molecule has 0 aromatic carbocycles. The molecule has 3 nitrogen and oxygen atoms in total. The van der Waals surface area contributed by atoms with Gasteiger partial charge in [-0.2, -0.15) is 0 Å². The Hall–Kier alpha value is -0.860. The highest BCUT2D eigenvalue weighted by Gasteiger charge is 2.36. The fourth-order valence-electron chi connectivity index (χ4n) is 2.90. The van der Waals surface area contributed by atoms with E-state index in [9.17, 15) is 9.59 Å². The van der Waals surface area contributed by atoms with Crippen molar-refractivity contribution in [1.82, 2.24) is 4.90 Å². The Bertz CT molecular complexity index is 275. The van der Waals surface area contributed by atoms with Crippen molar-refractivity contribution in [3.8, 4) is 0 Å². The Labute approximate surface area is 90.8 Å². The van der Waals surface area contributed by atoms with Crippen LogP contribution in [0.2, 0.25) is 0 Å². The molecule has 1 saturated heterocycles. The highest BCUT2D eigenvalue weighted by Crippen LogP contribution is 2.31. The molecule has 1 aliphatic carbocycles. The van der Waals surface area contributed by atoms with Gasteiger partial charge in [0.1, 0.15) is 5.78 Å². The third kappa shape index (κ3) is 2.06. The fraction of sp³-hybridized carbons (Fsp3) is 0.833. The quantitative estimate of drug-likeness (QED) is 0.695. The molecule has 0 bridgehead atoms. The first-order chi connectivity index (χ1) is 7.22. The van der Waals surface area contributed by atoms with Gasteiger partial charge in [-0.05, 0) is 18.8 Å². The monoisotopic (exact) mass is 209 g/mol. The van der Waals surface area contributed by atoms with E-state index in [0.29, 0.717) is 24.5 Å². The molecule has 0 radical (unpaired) electrons. The van der Waals surface area contributed by atoms with Crippen molar-refractivity contribution in [1.29, 1.82) is 0 Å². The average molecular weight is 209 g/mol. The predicted octanol–water partition coefficient (Wildman–Crippen LogP) is 1.76. The van der Waals surface area contributed by atoms with Crippen molar-refractivity contribution in [3.05, 3.63) is 0 Å². The molecule has 0 aromatic rings.